The van der Waals surface area contributed by atoms with Crippen LogP contribution in [0.4, 0.5) is 0 Å². The van der Waals surface area contributed by atoms with Crippen LogP contribution in [-0.2, 0) is 0 Å². The summed E-state index contributed by atoms with van der Waals surface area (Å²) in [6, 6.07) is 2.76. The molecule has 0 N–H and O–H groups in total. The second kappa shape index (κ2) is 6.36. The fraction of sp³-hybridized carbons (Fsp3) is 0.909. The SMILES string of the molecule is CCCC[SiH](CC=NC)C(C)(C)C. The molecule has 0 radical (unpaired) electrons. The highest BCUT2D eigenvalue weighted by atomic mass is 28.3. The van der Waals surface area contributed by atoms with Crippen LogP contribution in [0.25, 0.3) is 0 Å². The summed E-state index contributed by atoms with van der Waals surface area (Å²) < 4.78 is 0. The standard InChI is InChI=1S/C11H25NSi/c1-6-7-9-13(10-8-12-5)11(2,3)4/h8,13H,6-7,9-10H2,1-5H3. The molecule has 1 atom stereocenters. The molecule has 1 unspecified atom stereocenters. The average Bonchev–Trinajstić information content (AvgIpc) is 2.02. The third-order valence-electron chi connectivity index (χ3n) is 2.70. The van der Waals surface area contributed by atoms with Crippen LogP contribution in [0.15, 0.2) is 4.99 Å². The maximum atomic E-state index is 4.11. The molecule has 0 aliphatic rings. The van der Waals surface area contributed by atoms with Crippen LogP contribution in [-0.4, -0.2) is 22.1 Å². The smallest absolute Gasteiger partial charge is 0.0479 e. The van der Waals surface area contributed by atoms with Gasteiger partial charge in [0.15, 0.2) is 0 Å². The Bertz CT molecular complexity index is 147. The number of aliphatic imine (C=N–C) groups is 1. The molecule has 1 nitrogen and oxygen atoms in total. The number of hydrogen-bond donors (Lipinski definition) is 0. The van der Waals surface area contributed by atoms with Gasteiger partial charge in [-0.15, -0.1) is 0 Å². The number of nitrogens with zero attached hydrogens (tertiary/aromatic N) is 1. The van der Waals surface area contributed by atoms with Gasteiger partial charge in [0.25, 0.3) is 0 Å². The number of rotatable bonds is 5. The lowest BCUT2D eigenvalue weighted by atomic mass is 10.2. The third kappa shape index (κ3) is 6.03. The summed E-state index contributed by atoms with van der Waals surface area (Å²) in [4.78, 5) is 4.11. The summed E-state index contributed by atoms with van der Waals surface area (Å²) in [6.45, 7) is 9.46. The molecule has 0 saturated heterocycles. The minimum absolute atomic E-state index is 0.566. The van der Waals surface area contributed by atoms with Gasteiger partial charge in [-0.05, 0) is 17.3 Å². The highest BCUT2D eigenvalue weighted by Crippen LogP contribution is 2.32. The van der Waals surface area contributed by atoms with E-state index >= 15 is 0 Å². The molecule has 0 spiro atoms. The van der Waals surface area contributed by atoms with E-state index in [1.807, 2.05) is 7.05 Å². The van der Waals surface area contributed by atoms with Gasteiger partial charge in [-0.25, -0.2) is 0 Å². The summed E-state index contributed by atoms with van der Waals surface area (Å²) in [5, 5.41) is 0.566. The van der Waals surface area contributed by atoms with E-state index < -0.39 is 8.80 Å². The van der Waals surface area contributed by atoms with Gasteiger partial charge >= 0.3 is 0 Å². The lowest BCUT2D eigenvalue weighted by Gasteiger charge is -2.28. The van der Waals surface area contributed by atoms with Crippen molar-refractivity contribution in [2.75, 3.05) is 7.05 Å². The van der Waals surface area contributed by atoms with E-state index in [4.69, 9.17) is 0 Å². The lowest BCUT2D eigenvalue weighted by Crippen LogP contribution is -2.25. The fourth-order valence-electron chi connectivity index (χ4n) is 1.59. The van der Waals surface area contributed by atoms with E-state index in [0.29, 0.717) is 5.04 Å². The summed E-state index contributed by atoms with van der Waals surface area (Å²) in [6.07, 6.45) is 4.87. The number of hydrogen-bond acceptors (Lipinski definition) is 1. The lowest BCUT2D eigenvalue weighted by molar-refractivity contribution is 0.719. The minimum Gasteiger partial charge on any atom is -0.301 e. The average molecular weight is 199 g/mol. The summed E-state index contributed by atoms with van der Waals surface area (Å²) in [5.74, 6) is 0. The first-order valence-electron chi connectivity index (χ1n) is 5.43. The van der Waals surface area contributed by atoms with Crippen LogP contribution in [0.3, 0.4) is 0 Å². The van der Waals surface area contributed by atoms with Gasteiger partial charge < -0.3 is 4.99 Å². The molecule has 0 fully saturated rings. The van der Waals surface area contributed by atoms with E-state index in [1.165, 1.54) is 24.9 Å². The van der Waals surface area contributed by atoms with Crippen LogP contribution in [0.2, 0.25) is 17.1 Å². The van der Waals surface area contributed by atoms with Crippen molar-refractivity contribution in [1.82, 2.24) is 0 Å². The van der Waals surface area contributed by atoms with Crippen LogP contribution >= 0.6 is 0 Å². The zero-order chi connectivity index (χ0) is 10.3. The molecule has 13 heavy (non-hydrogen) atoms. The Balaban J connectivity index is 4.03. The first-order valence-corrected chi connectivity index (χ1v) is 7.64. The van der Waals surface area contributed by atoms with E-state index in [1.54, 1.807) is 0 Å². The van der Waals surface area contributed by atoms with Crippen molar-refractivity contribution in [3.8, 4) is 0 Å². The molecular formula is C11H25NSi. The van der Waals surface area contributed by atoms with Crippen molar-refractivity contribution in [3.05, 3.63) is 0 Å². The van der Waals surface area contributed by atoms with Gasteiger partial charge in [-0.2, -0.15) is 0 Å². The molecule has 0 rings (SSSR count). The Hall–Kier alpha value is -0.113. The molecule has 0 aromatic heterocycles. The summed E-state index contributed by atoms with van der Waals surface area (Å²) in [7, 11) is 1.28. The second-order valence-corrected chi connectivity index (χ2v) is 9.06. The fourth-order valence-corrected chi connectivity index (χ4v) is 4.76. The van der Waals surface area contributed by atoms with Gasteiger partial charge in [0.05, 0.1) is 0 Å². The Morgan fingerprint density at radius 2 is 1.92 bits per heavy atom. The van der Waals surface area contributed by atoms with Crippen molar-refractivity contribution in [1.29, 1.82) is 0 Å². The zero-order valence-electron chi connectivity index (χ0n) is 9.93. The normalized spacial score (nSPS) is 15.2. The maximum absolute atomic E-state index is 4.11. The highest BCUT2D eigenvalue weighted by molar-refractivity contribution is 6.64. The molecule has 0 aliphatic carbocycles. The molecule has 0 heterocycles. The quantitative estimate of drug-likeness (QED) is 0.474. The van der Waals surface area contributed by atoms with Crippen molar-refractivity contribution in [3.63, 3.8) is 0 Å². The number of unbranched alkanes of at least 4 members (excludes halogenated alkanes) is 1. The van der Waals surface area contributed by atoms with Crippen molar-refractivity contribution in [2.45, 2.75) is 57.7 Å². The van der Waals surface area contributed by atoms with Gasteiger partial charge in [0, 0.05) is 15.8 Å². The molecular weight excluding hydrogens is 174 g/mol. The van der Waals surface area contributed by atoms with Crippen LogP contribution < -0.4 is 0 Å². The van der Waals surface area contributed by atoms with E-state index in [0.717, 1.165) is 0 Å². The van der Waals surface area contributed by atoms with Crippen molar-refractivity contribution in [2.24, 2.45) is 4.99 Å². The van der Waals surface area contributed by atoms with Crippen molar-refractivity contribution >= 4 is 15.0 Å². The van der Waals surface area contributed by atoms with E-state index in [9.17, 15) is 0 Å². The van der Waals surface area contributed by atoms with Crippen LogP contribution in [0.1, 0.15) is 40.5 Å². The molecule has 0 aromatic carbocycles. The van der Waals surface area contributed by atoms with Crippen LogP contribution in [0, 0.1) is 0 Å². The Morgan fingerprint density at radius 1 is 1.31 bits per heavy atom. The molecule has 2 heteroatoms. The van der Waals surface area contributed by atoms with Gasteiger partial charge in [-0.1, -0.05) is 46.6 Å². The van der Waals surface area contributed by atoms with Gasteiger partial charge in [-0.3, -0.25) is 0 Å². The second-order valence-electron chi connectivity index (χ2n) is 4.88. The predicted octanol–water partition coefficient (Wildman–Crippen LogP) is 3.51. The third-order valence-corrected chi connectivity index (χ3v) is 7.04. The first kappa shape index (κ1) is 12.9. The Morgan fingerprint density at radius 3 is 2.31 bits per heavy atom. The summed E-state index contributed by atoms with van der Waals surface area (Å²) in [5.41, 5.74) is 0. The topological polar surface area (TPSA) is 12.4 Å². The Labute approximate surface area is 85.3 Å². The van der Waals surface area contributed by atoms with Crippen LogP contribution in [0.5, 0.6) is 0 Å². The maximum Gasteiger partial charge on any atom is 0.0479 e. The largest absolute Gasteiger partial charge is 0.301 e. The highest BCUT2D eigenvalue weighted by Gasteiger charge is 2.24. The first-order chi connectivity index (χ1) is 6.02. The van der Waals surface area contributed by atoms with E-state index in [2.05, 4.69) is 38.9 Å². The van der Waals surface area contributed by atoms with Gasteiger partial charge in [0.1, 0.15) is 0 Å². The molecule has 0 saturated carbocycles. The predicted molar refractivity (Wildman–Crippen MR) is 65.8 cm³/mol. The summed E-state index contributed by atoms with van der Waals surface area (Å²) >= 11 is 0. The minimum atomic E-state index is -0.607. The molecule has 78 valence electrons. The zero-order valence-corrected chi connectivity index (χ0v) is 11.1. The molecule has 0 bridgehead atoms. The monoisotopic (exact) mass is 199 g/mol. The van der Waals surface area contributed by atoms with Gasteiger partial charge in [0.2, 0.25) is 0 Å². The van der Waals surface area contributed by atoms with E-state index in [-0.39, 0.29) is 0 Å². The molecule has 0 amide bonds. The Kier molecular flexibility index (Phi) is 6.30. The molecule has 0 aliphatic heterocycles. The molecule has 0 aromatic rings. The van der Waals surface area contributed by atoms with Crippen molar-refractivity contribution < 1.29 is 0 Å².